The molecule has 0 radical (unpaired) electrons. The summed E-state index contributed by atoms with van der Waals surface area (Å²) in [6.45, 7) is 21.8. The monoisotopic (exact) mass is 526 g/mol. The zero-order valence-corrected chi connectivity index (χ0v) is 27.5. The molecule has 1 saturated heterocycles. The van der Waals surface area contributed by atoms with Crippen LogP contribution in [0.4, 0.5) is 0 Å². The second-order valence-electron chi connectivity index (χ2n) is 13.2. The van der Waals surface area contributed by atoms with Gasteiger partial charge in [-0.05, 0) is 72.8 Å². The van der Waals surface area contributed by atoms with Gasteiger partial charge in [-0.2, -0.15) is 0 Å². The molecule has 0 amide bonds. The molecular weight excluding hydrogens is 472 g/mol. The van der Waals surface area contributed by atoms with Gasteiger partial charge in [0.25, 0.3) is 0 Å². The first-order valence-electron chi connectivity index (χ1n) is 12.0. The van der Waals surface area contributed by atoms with E-state index in [4.69, 9.17) is 4.98 Å². The van der Waals surface area contributed by atoms with Gasteiger partial charge in [0.1, 0.15) is 0 Å². The second-order valence-corrected chi connectivity index (χ2v) is 18.9. The SMILES string of the molecule is CC1=CC2C(S1)C([Si](C)(C)[N-]C(C)(C)C)C1C2C2CCC(C(C)(C)C)CC2N1C.[CH3-].[CH3-].[CH3-].[Ti+4]. The minimum absolute atomic E-state index is 0. The molecule has 190 valence electrons. The summed E-state index contributed by atoms with van der Waals surface area (Å²) in [5.74, 6) is 3.44. The van der Waals surface area contributed by atoms with Gasteiger partial charge in [0.15, 0.2) is 0 Å². The molecule has 0 N–H and O–H groups in total. The van der Waals surface area contributed by atoms with E-state index in [-0.39, 0.29) is 49.5 Å². The molecule has 2 nitrogen and oxygen atoms in total. The van der Waals surface area contributed by atoms with E-state index in [0.717, 1.165) is 46.5 Å². The van der Waals surface area contributed by atoms with E-state index in [1.807, 2.05) is 0 Å². The number of rotatable bonds is 2. The molecule has 2 aliphatic heterocycles. The fourth-order valence-electron chi connectivity index (χ4n) is 7.92. The van der Waals surface area contributed by atoms with E-state index >= 15 is 0 Å². The van der Waals surface area contributed by atoms with Crippen LogP contribution in [-0.4, -0.2) is 43.1 Å². The smallest absolute Gasteiger partial charge is 0.660 e. The van der Waals surface area contributed by atoms with E-state index in [1.165, 1.54) is 19.3 Å². The van der Waals surface area contributed by atoms with Crippen molar-refractivity contribution in [1.82, 2.24) is 4.90 Å². The standard InChI is InChI=1S/C25H45N2SSi.3CH3.Ti/c1-15-13-18-20-17-12-11-16(24(2,3)4)14-19(17)27(8)21(20)23(22(18)28-15)29(9,10)26-25(5,6)7;;;;/h13,16-23H,11-12,14H2,1-10H3;3*1H3;/q4*-1;+4. The van der Waals surface area contributed by atoms with E-state index in [1.54, 1.807) is 4.91 Å². The average molecular weight is 527 g/mol. The van der Waals surface area contributed by atoms with Crippen molar-refractivity contribution in [1.29, 1.82) is 0 Å². The van der Waals surface area contributed by atoms with Gasteiger partial charge >= 0.3 is 21.7 Å². The normalized spacial score (nSPS) is 37.9. The number of likely N-dealkylation sites (tertiary alicyclic amines) is 1. The minimum atomic E-state index is -1.74. The Morgan fingerprint density at radius 2 is 1.61 bits per heavy atom. The third-order valence-electron chi connectivity index (χ3n) is 8.71. The third-order valence-corrected chi connectivity index (χ3v) is 13.9. The van der Waals surface area contributed by atoms with Crippen molar-refractivity contribution in [2.45, 2.75) is 109 Å². The van der Waals surface area contributed by atoms with Crippen LogP contribution < -0.4 is 0 Å². The van der Waals surface area contributed by atoms with Crippen LogP contribution in [0.5, 0.6) is 0 Å². The molecule has 33 heavy (non-hydrogen) atoms. The van der Waals surface area contributed by atoms with Crippen molar-refractivity contribution in [2.75, 3.05) is 7.05 Å². The van der Waals surface area contributed by atoms with E-state index in [0.29, 0.717) is 5.41 Å². The Bertz CT molecular complexity index is 680. The zero-order valence-electron chi connectivity index (χ0n) is 24.1. The number of fused-ring (bicyclic) bond motifs is 5. The van der Waals surface area contributed by atoms with Crippen LogP contribution in [0.25, 0.3) is 4.98 Å². The zero-order chi connectivity index (χ0) is 21.5. The van der Waals surface area contributed by atoms with Gasteiger partial charge in [0, 0.05) is 17.3 Å². The largest absolute Gasteiger partial charge is 4.00 e. The molecule has 4 rings (SSSR count). The number of hydrogen-bond donors (Lipinski definition) is 0. The Balaban J connectivity index is 0.00000256. The molecule has 2 saturated carbocycles. The maximum Gasteiger partial charge on any atom is 4.00 e. The number of thioether (sulfide) groups is 1. The first-order chi connectivity index (χ1) is 13.2. The Morgan fingerprint density at radius 1 is 1.03 bits per heavy atom. The summed E-state index contributed by atoms with van der Waals surface area (Å²) in [7, 11) is 0.753. The van der Waals surface area contributed by atoms with E-state index in [2.05, 4.69) is 91.3 Å². The number of nitrogens with zero attached hydrogens (tertiary/aromatic N) is 2. The summed E-state index contributed by atoms with van der Waals surface area (Å²) >= 11 is 2.21. The Labute approximate surface area is 229 Å². The maximum atomic E-state index is 5.55. The first kappa shape index (κ1) is 33.9. The summed E-state index contributed by atoms with van der Waals surface area (Å²) < 4.78 is 0. The molecule has 0 bridgehead atoms. The molecule has 8 unspecified atom stereocenters. The van der Waals surface area contributed by atoms with Crippen LogP contribution in [0.2, 0.25) is 18.6 Å². The molecule has 0 spiro atoms. The molecule has 2 aliphatic carbocycles. The molecule has 0 aromatic rings. The van der Waals surface area contributed by atoms with Crippen molar-refractivity contribution in [3.8, 4) is 0 Å². The summed E-state index contributed by atoms with van der Waals surface area (Å²) in [5.41, 5.74) is 1.30. The summed E-state index contributed by atoms with van der Waals surface area (Å²) in [4.78, 5) is 10.0. The Kier molecular flexibility index (Phi) is 11.5. The minimum Gasteiger partial charge on any atom is -0.660 e. The average Bonchev–Trinajstić information content (AvgIpc) is 3.12. The van der Waals surface area contributed by atoms with Gasteiger partial charge in [0.2, 0.25) is 0 Å². The van der Waals surface area contributed by atoms with Crippen molar-refractivity contribution >= 4 is 20.0 Å². The maximum absolute atomic E-state index is 5.55. The van der Waals surface area contributed by atoms with Crippen LogP contribution in [0.3, 0.4) is 0 Å². The molecule has 4 aliphatic rings. The predicted molar refractivity (Wildman–Crippen MR) is 151 cm³/mol. The molecule has 3 fully saturated rings. The van der Waals surface area contributed by atoms with Gasteiger partial charge < -0.3 is 27.3 Å². The summed E-state index contributed by atoms with van der Waals surface area (Å²) in [5, 5.41) is 0.779. The fourth-order valence-corrected chi connectivity index (χ4v) is 14.7. The number of hydrogen-bond acceptors (Lipinski definition) is 2. The summed E-state index contributed by atoms with van der Waals surface area (Å²) in [6, 6.07) is 1.55. The van der Waals surface area contributed by atoms with Gasteiger partial charge in [-0.1, -0.05) is 68.9 Å². The molecule has 8 atom stereocenters. The third kappa shape index (κ3) is 6.09. The molecule has 0 aromatic heterocycles. The quantitative estimate of drug-likeness (QED) is 0.265. The van der Waals surface area contributed by atoms with Gasteiger partial charge in [-0.25, -0.2) is 0 Å². The van der Waals surface area contributed by atoms with Crippen LogP contribution in [-0.2, 0) is 21.7 Å². The van der Waals surface area contributed by atoms with E-state index < -0.39 is 8.24 Å². The first-order valence-corrected chi connectivity index (χ1v) is 15.9. The Morgan fingerprint density at radius 3 is 2.12 bits per heavy atom. The van der Waals surface area contributed by atoms with Crippen molar-refractivity contribution in [3.05, 3.63) is 38.2 Å². The molecule has 5 heteroatoms. The van der Waals surface area contributed by atoms with Crippen LogP contribution in [0.15, 0.2) is 11.0 Å². The molecule has 0 aromatic carbocycles. The molecular formula is C28H54N2SSiTi. The predicted octanol–water partition coefficient (Wildman–Crippen LogP) is 8.49. The van der Waals surface area contributed by atoms with Gasteiger partial charge in [-0.15, -0.1) is 17.3 Å². The van der Waals surface area contributed by atoms with Crippen LogP contribution >= 0.6 is 11.8 Å². The van der Waals surface area contributed by atoms with Crippen LogP contribution in [0, 0.1) is 51.4 Å². The van der Waals surface area contributed by atoms with E-state index in [9.17, 15) is 0 Å². The molecule has 2 heterocycles. The van der Waals surface area contributed by atoms with Crippen molar-refractivity contribution in [3.63, 3.8) is 0 Å². The van der Waals surface area contributed by atoms with Crippen molar-refractivity contribution < 1.29 is 21.7 Å². The second kappa shape index (κ2) is 11.1. The van der Waals surface area contributed by atoms with Crippen molar-refractivity contribution in [2.24, 2.45) is 29.1 Å². The van der Waals surface area contributed by atoms with Crippen LogP contribution in [0.1, 0.15) is 67.7 Å². The summed E-state index contributed by atoms with van der Waals surface area (Å²) in [6.07, 6.45) is 6.98. The van der Waals surface area contributed by atoms with Gasteiger partial charge in [0.05, 0.1) is 0 Å². The van der Waals surface area contributed by atoms with Gasteiger partial charge in [-0.3, -0.25) is 4.90 Å². The fraction of sp³-hybridized carbons (Fsp3) is 0.821. The Hall–Kier alpha value is 0.941. The topological polar surface area (TPSA) is 17.3 Å². The number of allylic oxidation sites excluding steroid dienone is 2.